The Morgan fingerprint density at radius 1 is 1.21 bits per heavy atom. The molecule has 3 heterocycles. The molecule has 3 aliphatic heterocycles. The van der Waals surface area contributed by atoms with Crippen molar-refractivity contribution >= 4 is 11.8 Å². The van der Waals surface area contributed by atoms with E-state index in [9.17, 15) is 19.8 Å². The Bertz CT molecular complexity index is 914. The van der Waals surface area contributed by atoms with E-state index < -0.39 is 17.1 Å². The maximum Gasteiger partial charge on any atom is 0.306 e. The molecule has 0 aromatic heterocycles. The average molecular weight is 385 g/mol. The zero-order valence-electron chi connectivity index (χ0n) is 15.5. The zero-order chi connectivity index (χ0) is 19.3. The Labute approximate surface area is 162 Å². The van der Waals surface area contributed by atoms with Crippen LogP contribution in [0.4, 0.5) is 0 Å². The van der Waals surface area contributed by atoms with Crippen molar-refractivity contribution in [2.75, 3.05) is 19.7 Å². The number of Topliss-reactive ketones (excluding diaryl/α,β-unsaturated/α-hetero) is 1. The highest BCUT2D eigenvalue weighted by Crippen LogP contribution is 2.64. The lowest BCUT2D eigenvalue weighted by Crippen LogP contribution is -2.76. The highest BCUT2D eigenvalue weighted by Gasteiger charge is 2.73. The van der Waals surface area contributed by atoms with Crippen molar-refractivity contribution in [2.24, 2.45) is 5.92 Å². The van der Waals surface area contributed by atoms with Crippen LogP contribution in [0.5, 0.6) is 11.5 Å². The molecule has 1 spiro atoms. The number of benzene rings is 1. The molecule has 5 aliphatic rings. The van der Waals surface area contributed by atoms with Crippen LogP contribution >= 0.6 is 0 Å². The van der Waals surface area contributed by atoms with Gasteiger partial charge in [-0.05, 0) is 37.4 Å². The molecule has 28 heavy (non-hydrogen) atoms. The summed E-state index contributed by atoms with van der Waals surface area (Å²) in [6, 6.07) is 3.39. The quantitative estimate of drug-likeness (QED) is 0.723. The fourth-order valence-electron chi connectivity index (χ4n) is 6.64. The summed E-state index contributed by atoms with van der Waals surface area (Å²) >= 11 is 0. The topological polar surface area (TPSA) is 96.3 Å². The number of phenolic OH excluding ortho intramolecular Hbond substituents is 1. The van der Waals surface area contributed by atoms with E-state index in [0.29, 0.717) is 44.6 Å². The second kappa shape index (κ2) is 5.27. The van der Waals surface area contributed by atoms with Gasteiger partial charge in [-0.15, -0.1) is 0 Å². The van der Waals surface area contributed by atoms with Crippen molar-refractivity contribution in [1.82, 2.24) is 4.90 Å². The average Bonchev–Trinajstić information content (AvgIpc) is 3.23. The molecule has 1 unspecified atom stereocenters. The number of cyclic esters (lactones) is 1. The smallest absolute Gasteiger partial charge is 0.306 e. The van der Waals surface area contributed by atoms with Crippen LogP contribution < -0.4 is 4.74 Å². The Morgan fingerprint density at radius 3 is 2.86 bits per heavy atom. The molecule has 7 nitrogen and oxygen atoms in total. The van der Waals surface area contributed by atoms with Gasteiger partial charge in [0.25, 0.3) is 0 Å². The number of likely N-dealkylation sites (tertiary alicyclic amines) is 1. The van der Waals surface area contributed by atoms with E-state index in [1.807, 2.05) is 6.07 Å². The van der Waals surface area contributed by atoms with Crippen LogP contribution in [0, 0.1) is 5.92 Å². The van der Waals surface area contributed by atoms with Gasteiger partial charge >= 0.3 is 5.97 Å². The van der Waals surface area contributed by atoms with Crippen LogP contribution in [0.2, 0.25) is 0 Å². The fourth-order valence-corrected chi connectivity index (χ4v) is 6.64. The highest BCUT2D eigenvalue weighted by atomic mass is 16.5. The molecule has 1 saturated carbocycles. The third kappa shape index (κ3) is 1.82. The van der Waals surface area contributed by atoms with Gasteiger partial charge in [-0.25, -0.2) is 0 Å². The van der Waals surface area contributed by atoms with E-state index in [1.54, 1.807) is 6.07 Å². The number of ketones is 1. The summed E-state index contributed by atoms with van der Waals surface area (Å²) in [6.07, 6.45) is 1.62. The number of phenols is 1. The number of hydrogen-bond acceptors (Lipinski definition) is 7. The number of esters is 1. The molecule has 1 aromatic rings. The van der Waals surface area contributed by atoms with Gasteiger partial charge in [0.2, 0.25) is 0 Å². The second-order valence-electron chi connectivity index (χ2n) is 9.03. The largest absolute Gasteiger partial charge is 0.504 e. The van der Waals surface area contributed by atoms with Crippen molar-refractivity contribution in [3.05, 3.63) is 23.3 Å². The normalized spacial score (nSPS) is 40.8. The molecule has 148 valence electrons. The molecule has 5 atom stereocenters. The highest BCUT2D eigenvalue weighted by molar-refractivity contribution is 5.90. The molecule has 2 saturated heterocycles. The van der Waals surface area contributed by atoms with Crippen LogP contribution in [0.3, 0.4) is 0 Å². The minimum absolute atomic E-state index is 0.00937. The van der Waals surface area contributed by atoms with E-state index in [1.165, 1.54) is 0 Å². The lowest BCUT2D eigenvalue weighted by atomic mass is 9.49. The molecule has 3 fully saturated rings. The Morgan fingerprint density at radius 2 is 2.07 bits per heavy atom. The first-order valence-corrected chi connectivity index (χ1v) is 10.1. The fraction of sp³-hybridized carbons (Fsp3) is 0.619. The van der Waals surface area contributed by atoms with Crippen molar-refractivity contribution in [3.63, 3.8) is 0 Å². The van der Waals surface area contributed by atoms with Crippen LogP contribution in [0.25, 0.3) is 0 Å². The molecule has 1 aromatic carbocycles. The van der Waals surface area contributed by atoms with Crippen molar-refractivity contribution in [1.29, 1.82) is 0 Å². The number of aromatic hydroxyl groups is 1. The number of nitrogens with zero attached hydrogens (tertiary/aromatic N) is 1. The van der Waals surface area contributed by atoms with Crippen LogP contribution in [0.1, 0.15) is 36.8 Å². The van der Waals surface area contributed by atoms with Crippen LogP contribution in [-0.2, 0) is 26.2 Å². The van der Waals surface area contributed by atoms with Gasteiger partial charge in [0.15, 0.2) is 23.4 Å². The molecule has 0 radical (unpaired) electrons. The van der Waals surface area contributed by atoms with Gasteiger partial charge in [-0.2, -0.15) is 0 Å². The van der Waals surface area contributed by atoms with Crippen LogP contribution in [-0.4, -0.2) is 64.3 Å². The SMILES string of the molecule is O=C1CC(CN2CC[C@]34c5c6ccc(O)c5O[C@H]3C(=O)CC[C@@]4(O)[C@H]2C6)CO1. The predicted molar refractivity (Wildman–Crippen MR) is 96.1 cm³/mol. The molecular formula is C21H23NO6. The summed E-state index contributed by atoms with van der Waals surface area (Å²) in [7, 11) is 0. The van der Waals surface area contributed by atoms with Gasteiger partial charge < -0.3 is 19.7 Å². The van der Waals surface area contributed by atoms with E-state index in [0.717, 1.165) is 17.7 Å². The van der Waals surface area contributed by atoms with Gasteiger partial charge in [-0.1, -0.05) is 6.07 Å². The zero-order valence-corrected chi connectivity index (χ0v) is 15.5. The van der Waals surface area contributed by atoms with Gasteiger partial charge in [0.05, 0.1) is 24.0 Å². The predicted octanol–water partition coefficient (Wildman–Crippen LogP) is 0.678. The summed E-state index contributed by atoms with van der Waals surface area (Å²) in [5.41, 5.74) is 0.0263. The summed E-state index contributed by atoms with van der Waals surface area (Å²) in [5, 5.41) is 22.4. The van der Waals surface area contributed by atoms with Crippen molar-refractivity contribution in [3.8, 4) is 11.5 Å². The Hall–Kier alpha value is -2.12. The number of hydrogen-bond donors (Lipinski definition) is 2. The standard InChI is InChI=1S/C21H23NO6/c23-13-2-1-12-8-15-21(26)4-3-14(24)19-20(21,17(12)18(13)28-19)5-6-22(15)9-11-7-16(25)27-10-11/h1-2,11,15,19,23,26H,3-10H2/t11?,15-,19+,20+,21-/m1/s1. The lowest BCUT2D eigenvalue weighted by molar-refractivity contribution is -0.189. The Balaban J connectivity index is 1.47. The number of rotatable bonds is 2. The first-order valence-electron chi connectivity index (χ1n) is 10.1. The first kappa shape index (κ1) is 16.8. The number of carbonyl (C=O) groups is 2. The van der Waals surface area contributed by atoms with E-state index in [4.69, 9.17) is 9.47 Å². The Kier molecular flexibility index (Phi) is 3.16. The molecule has 2 aliphatic carbocycles. The van der Waals surface area contributed by atoms with Gasteiger partial charge in [0, 0.05) is 30.5 Å². The van der Waals surface area contributed by atoms with Crippen molar-refractivity contribution in [2.45, 2.75) is 55.3 Å². The van der Waals surface area contributed by atoms with E-state index >= 15 is 0 Å². The molecule has 2 N–H and O–H groups in total. The minimum atomic E-state index is -1.08. The second-order valence-corrected chi connectivity index (χ2v) is 9.03. The van der Waals surface area contributed by atoms with Crippen LogP contribution in [0.15, 0.2) is 12.1 Å². The monoisotopic (exact) mass is 385 g/mol. The number of ether oxygens (including phenoxy) is 2. The number of aliphatic hydroxyl groups is 1. The van der Waals surface area contributed by atoms with Gasteiger partial charge in [-0.3, -0.25) is 14.5 Å². The van der Waals surface area contributed by atoms with E-state index in [2.05, 4.69) is 4.90 Å². The first-order chi connectivity index (χ1) is 13.4. The third-order valence-electron chi connectivity index (χ3n) is 7.80. The minimum Gasteiger partial charge on any atom is -0.504 e. The van der Waals surface area contributed by atoms with Gasteiger partial charge in [0.1, 0.15) is 0 Å². The summed E-state index contributed by atoms with van der Waals surface area (Å²) in [5.74, 6) is 0.426. The lowest BCUT2D eigenvalue weighted by Gasteiger charge is -2.62. The van der Waals surface area contributed by atoms with E-state index in [-0.39, 0.29) is 35.9 Å². The van der Waals surface area contributed by atoms with Crippen molar-refractivity contribution < 1.29 is 29.3 Å². The molecule has 6 rings (SSSR count). The third-order valence-corrected chi connectivity index (χ3v) is 7.80. The molecule has 2 bridgehead atoms. The summed E-state index contributed by atoms with van der Waals surface area (Å²) < 4.78 is 11.2. The molecule has 7 heteroatoms. The molecular weight excluding hydrogens is 362 g/mol. The molecule has 0 amide bonds. The summed E-state index contributed by atoms with van der Waals surface area (Å²) in [4.78, 5) is 26.6. The number of piperidine rings is 1. The number of carbonyl (C=O) groups excluding carboxylic acids is 2. The maximum absolute atomic E-state index is 12.8. The summed E-state index contributed by atoms with van der Waals surface area (Å²) in [6.45, 7) is 1.86. The maximum atomic E-state index is 12.8.